The van der Waals surface area contributed by atoms with E-state index in [1.54, 1.807) is 0 Å². The Hall–Kier alpha value is 0.400. The summed E-state index contributed by atoms with van der Waals surface area (Å²) in [7, 11) is 0. The van der Waals surface area contributed by atoms with Gasteiger partial charge in [-0.25, -0.2) is 0 Å². The summed E-state index contributed by atoms with van der Waals surface area (Å²) in [4.78, 5) is 0. The highest BCUT2D eigenvalue weighted by Gasteiger charge is 1.80. The summed E-state index contributed by atoms with van der Waals surface area (Å²) in [6.07, 6.45) is 2.52. The first kappa shape index (κ1) is 7.40. The van der Waals surface area contributed by atoms with E-state index in [0.29, 0.717) is 0 Å². The molecule has 1 radical (unpaired) electrons. The van der Waals surface area contributed by atoms with Crippen molar-refractivity contribution in [1.82, 2.24) is 0 Å². The van der Waals surface area contributed by atoms with Gasteiger partial charge in [0.05, 0.1) is 0 Å². The van der Waals surface area contributed by atoms with Crippen LogP contribution in [-0.4, -0.2) is 16.1 Å². The van der Waals surface area contributed by atoms with E-state index in [1.807, 2.05) is 2.79 Å². The fourth-order valence-electron chi connectivity index (χ4n) is 0.330. The standard InChI is InChI=1S/C5H11IN/c1-3-4-5-7(2)6/h2-5H2,1H3. The summed E-state index contributed by atoms with van der Waals surface area (Å²) >= 11 is 2.19. The fourth-order valence-corrected chi connectivity index (χ4v) is 0.671. The first-order valence-corrected chi connectivity index (χ1v) is 3.47. The van der Waals surface area contributed by atoms with Gasteiger partial charge >= 0.3 is 0 Å². The number of rotatable bonds is 3. The molecule has 0 saturated carbocycles. The molecule has 0 aliphatic carbocycles. The Bertz CT molecular complexity index is 61.1. The predicted molar refractivity (Wildman–Crippen MR) is 27.2 cm³/mol. The minimum atomic E-state index is 1.11. The molecule has 0 atom stereocenters. The van der Waals surface area contributed by atoms with Crippen LogP contribution in [0.25, 0.3) is 0 Å². The normalized spacial score (nSPS) is 8.86. The van der Waals surface area contributed by atoms with Crippen LogP contribution >= 0.6 is 0 Å². The average molecular weight is 212 g/mol. The highest BCUT2D eigenvalue weighted by atomic mass is 127. The molecule has 0 spiro atoms. The van der Waals surface area contributed by atoms with E-state index in [1.165, 1.54) is 12.8 Å². The van der Waals surface area contributed by atoms with E-state index in [-0.39, 0.29) is 0 Å². The fraction of sp³-hybridized carbons (Fsp3) is 0.800. The average Bonchev–Trinajstić information content (AvgIpc) is 1.61. The van der Waals surface area contributed by atoms with Crippen LogP contribution in [0.5, 0.6) is 0 Å². The van der Waals surface area contributed by atoms with Crippen molar-refractivity contribution in [1.29, 1.82) is 0 Å². The van der Waals surface area contributed by atoms with Crippen molar-refractivity contribution < 1.29 is 25.7 Å². The lowest BCUT2D eigenvalue weighted by Crippen LogP contribution is -3.39. The number of hydrogen-bond donors (Lipinski definition) is 0. The van der Waals surface area contributed by atoms with Gasteiger partial charge in [-0.05, 0) is 0 Å². The molecule has 0 amide bonds. The van der Waals surface area contributed by atoms with Crippen molar-refractivity contribution in [3.63, 3.8) is 0 Å². The maximum Gasteiger partial charge on any atom is 0.118 e. The van der Waals surface area contributed by atoms with Crippen LogP contribution < -0.4 is 22.9 Å². The summed E-state index contributed by atoms with van der Waals surface area (Å²) in [5, 5.41) is 0. The molecule has 0 fully saturated rings. The van der Waals surface area contributed by atoms with Crippen LogP contribution in [0.2, 0.25) is 0 Å². The summed E-state index contributed by atoms with van der Waals surface area (Å²) in [5.74, 6) is 0. The maximum absolute atomic E-state index is 3.70. The zero-order valence-corrected chi connectivity index (χ0v) is 6.81. The second-order valence-electron chi connectivity index (χ2n) is 1.54. The van der Waals surface area contributed by atoms with Gasteiger partial charge in [-0.15, -0.1) is 0 Å². The molecule has 0 aliphatic rings. The molecule has 0 bridgehead atoms. The zero-order chi connectivity index (χ0) is 5.70. The third kappa shape index (κ3) is 6.40. The SMILES string of the molecule is C=[N+]([I-])CCCC. The number of unbranched alkanes of at least 4 members (excludes halogenated alkanes) is 1. The summed E-state index contributed by atoms with van der Waals surface area (Å²) in [6.45, 7) is 6.98. The molecule has 0 aromatic carbocycles. The van der Waals surface area contributed by atoms with Gasteiger partial charge in [0.25, 0.3) is 0 Å². The van der Waals surface area contributed by atoms with Crippen LogP contribution in [0.1, 0.15) is 19.8 Å². The molecule has 0 heterocycles. The van der Waals surface area contributed by atoms with Crippen molar-refractivity contribution in [3.8, 4) is 0 Å². The van der Waals surface area contributed by atoms with Crippen molar-refractivity contribution in [2.45, 2.75) is 19.8 Å². The molecule has 0 N–H and O–H groups in total. The Labute approximate surface area is 58.9 Å². The van der Waals surface area contributed by atoms with Crippen molar-refractivity contribution in [2.75, 3.05) is 6.54 Å². The van der Waals surface area contributed by atoms with E-state index < -0.39 is 0 Å². The largest absolute Gasteiger partial charge is 0.381 e. The van der Waals surface area contributed by atoms with Crippen LogP contribution in [-0.2, 0) is 0 Å². The Kier molecular flexibility index (Phi) is 4.82. The quantitative estimate of drug-likeness (QED) is 0.288. The zero-order valence-electron chi connectivity index (χ0n) is 4.65. The smallest absolute Gasteiger partial charge is 0.118 e. The van der Waals surface area contributed by atoms with Gasteiger partial charge in [-0.3, -0.25) is 0 Å². The van der Waals surface area contributed by atoms with Gasteiger partial charge in [-0.2, -0.15) is 0 Å². The van der Waals surface area contributed by atoms with Gasteiger partial charge in [-0.1, -0.05) is 13.3 Å². The molecule has 0 aromatic rings. The van der Waals surface area contributed by atoms with E-state index in [4.69, 9.17) is 0 Å². The number of nitrogens with zero attached hydrogens (tertiary/aromatic N) is 1. The predicted octanol–water partition coefficient (Wildman–Crippen LogP) is -2.03. The van der Waals surface area contributed by atoms with Crippen LogP contribution in [0.3, 0.4) is 0 Å². The van der Waals surface area contributed by atoms with Gasteiger partial charge in [0.1, 0.15) is 13.3 Å². The second kappa shape index (κ2) is 4.56. The van der Waals surface area contributed by atoms with Crippen molar-refractivity contribution in [2.24, 2.45) is 0 Å². The molecule has 7 heavy (non-hydrogen) atoms. The molecule has 2 heteroatoms. The molecule has 0 rings (SSSR count). The van der Waals surface area contributed by atoms with Crippen LogP contribution in [0.4, 0.5) is 0 Å². The molecular formula is C5H11IN. The van der Waals surface area contributed by atoms with Crippen LogP contribution in [0, 0.1) is 0 Å². The first-order chi connectivity index (χ1) is 3.27. The molecule has 43 valence electrons. The maximum atomic E-state index is 3.70. The monoisotopic (exact) mass is 212 g/mol. The Morgan fingerprint density at radius 3 is 2.43 bits per heavy atom. The van der Waals surface area contributed by atoms with E-state index in [9.17, 15) is 0 Å². The molecule has 0 aliphatic heterocycles. The van der Waals surface area contributed by atoms with E-state index in [2.05, 4.69) is 36.5 Å². The lowest BCUT2D eigenvalue weighted by molar-refractivity contribution is -1.05. The Morgan fingerprint density at radius 1 is 1.71 bits per heavy atom. The van der Waals surface area contributed by atoms with Crippen molar-refractivity contribution >= 4 is 6.72 Å². The minimum absolute atomic E-state index is 1.11. The van der Waals surface area contributed by atoms with Crippen LogP contribution in [0.15, 0.2) is 0 Å². The molecular weight excluding hydrogens is 201 g/mol. The number of hydrogen-bond acceptors (Lipinski definition) is 0. The Balaban J connectivity index is 2.82. The molecule has 0 saturated heterocycles. The van der Waals surface area contributed by atoms with Gasteiger partial charge in [0.2, 0.25) is 0 Å². The second-order valence-corrected chi connectivity index (χ2v) is 2.90. The summed E-state index contributed by atoms with van der Waals surface area (Å²) in [6, 6.07) is 0. The van der Waals surface area contributed by atoms with Crippen molar-refractivity contribution in [3.05, 3.63) is 0 Å². The topological polar surface area (TPSA) is 3.01 Å². The third-order valence-electron chi connectivity index (χ3n) is 0.754. The van der Waals surface area contributed by atoms with Gasteiger partial charge < -0.3 is 25.7 Å². The lowest BCUT2D eigenvalue weighted by Gasteiger charge is -1.99. The van der Waals surface area contributed by atoms with E-state index >= 15 is 0 Å². The highest BCUT2D eigenvalue weighted by Crippen LogP contribution is 1.80. The van der Waals surface area contributed by atoms with Gasteiger partial charge in [0, 0.05) is 6.42 Å². The lowest BCUT2D eigenvalue weighted by atomic mass is 10.3. The number of halogens is 1. The molecule has 1 nitrogen and oxygen atoms in total. The third-order valence-corrected chi connectivity index (χ3v) is 1.24. The van der Waals surface area contributed by atoms with Gasteiger partial charge in [0.15, 0.2) is 0 Å². The van der Waals surface area contributed by atoms with E-state index in [0.717, 1.165) is 6.54 Å². The molecule has 0 unspecified atom stereocenters. The Morgan fingerprint density at radius 2 is 2.29 bits per heavy atom. The first-order valence-electron chi connectivity index (χ1n) is 2.51. The minimum Gasteiger partial charge on any atom is -0.381 e. The summed E-state index contributed by atoms with van der Waals surface area (Å²) in [5.41, 5.74) is 0. The molecule has 0 aromatic heterocycles. The highest BCUT2D eigenvalue weighted by molar-refractivity contribution is 5.13. The summed E-state index contributed by atoms with van der Waals surface area (Å²) < 4.78 is 1.93.